The summed E-state index contributed by atoms with van der Waals surface area (Å²) in [5.74, 6) is -2.10. The number of carboxylic acids is 1. The fraction of sp³-hybridized carbons (Fsp3) is 0. The van der Waals surface area contributed by atoms with Crippen molar-refractivity contribution in [3.63, 3.8) is 0 Å². The molecule has 0 spiro atoms. The first kappa shape index (κ1) is 20.6. The molecule has 7 nitrogen and oxygen atoms in total. The summed E-state index contributed by atoms with van der Waals surface area (Å²) < 4.78 is 28.2. The van der Waals surface area contributed by atoms with Gasteiger partial charge in [-0.25, -0.2) is 8.42 Å². The molecule has 29 heavy (non-hydrogen) atoms. The van der Waals surface area contributed by atoms with Gasteiger partial charge in [0.05, 0.1) is 11.7 Å². The summed E-state index contributed by atoms with van der Waals surface area (Å²) in [5.41, 5.74) is 0.274. The van der Waals surface area contributed by atoms with Crippen molar-refractivity contribution in [3.05, 3.63) is 88.4 Å². The van der Waals surface area contributed by atoms with Crippen molar-refractivity contribution in [1.29, 1.82) is 0 Å². The molecule has 0 bridgehead atoms. The second-order valence-corrected chi connectivity index (χ2v) is 8.41. The summed E-state index contributed by atoms with van der Waals surface area (Å²) in [4.78, 5) is 23.6. The fourth-order valence-corrected chi connectivity index (χ4v) is 4.58. The summed E-state index contributed by atoms with van der Waals surface area (Å²) >= 11 is 3.19. The highest BCUT2D eigenvalue weighted by atomic mass is 79.9. The molecule has 3 rings (SSSR count). The first-order chi connectivity index (χ1) is 13.8. The fourth-order valence-electron chi connectivity index (χ4n) is 2.53. The number of amides is 1. The lowest BCUT2D eigenvalue weighted by Gasteiger charge is -2.13. The summed E-state index contributed by atoms with van der Waals surface area (Å²) in [7, 11) is -3.98. The molecule has 0 aliphatic rings. The molecular weight excluding hydrogens is 460 g/mol. The van der Waals surface area contributed by atoms with Gasteiger partial charge in [0.1, 0.15) is 4.90 Å². The van der Waals surface area contributed by atoms with Crippen molar-refractivity contribution < 1.29 is 23.1 Å². The zero-order valence-electron chi connectivity index (χ0n) is 14.8. The third kappa shape index (κ3) is 4.82. The molecule has 0 heterocycles. The van der Waals surface area contributed by atoms with Crippen LogP contribution in [0.5, 0.6) is 0 Å². The van der Waals surface area contributed by atoms with Gasteiger partial charge in [0.15, 0.2) is 0 Å². The number of sulfonamides is 1. The quantitative estimate of drug-likeness (QED) is 0.570. The molecule has 0 radical (unpaired) electrons. The number of anilines is 2. The number of para-hydroxylation sites is 2. The lowest BCUT2D eigenvalue weighted by Crippen LogP contribution is -2.25. The van der Waals surface area contributed by atoms with Crippen LogP contribution in [-0.4, -0.2) is 20.3 Å². The van der Waals surface area contributed by atoms with E-state index in [0.29, 0.717) is 5.69 Å². The second-order valence-electron chi connectivity index (χ2n) is 5.90. The lowest BCUT2D eigenvalue weighted by molar-refractivity contribution is -0.254. The van der Waals surface area contributed by atoms with Gasteiger partial charge in [0.25, 0.3) is 15.9 Å². The van der Waals surface area contributed by atoms with Crippen molar-refractivity contribution in [2.24, 2.45) is 0 Å². The van der Waals surface area contributed by atoms with E-state index in [1.54, 1.807) is 36.4 Å². The highest BCUT2D eigenvalue weighted by molar-refractivity contribution is 9.10. The van der Waals surface area contributed by atoms with E-state index < -0.39 is 21.9 Å². The van der Waals surface area contributed by atoms with Crippen molar-refractivity contribution in [1.82, 2.24) is 0 Å². The van der Waals surface area contributed by atoms with Crippen LogP contribution in [0.4, 0.5) is 11.4 Å². The van der Waals surface area contributed by atoms with E-state index in [4.69, 9.17) is 0 Å². The zero-order chi connectivity index (χ0) is 21.0. The number of aromatic carboxylic acids is 1. The zero-order valence-corrected chi connectivity index (χ0v) is 17.2. The summed E-state index contributed by atoms with van der Waals surface area (Å²) in [6, 6.07) is 18.1. The Morgan fingerprint density at radius 2 is 1.55 bits per heavy atom. The first-order valence-electron chi connectivity index (χ1n) is 8.27. The highest BCUT2D eigenvalue weighted by Crippen LogP contribution is 2.26. The number of nitrogens with one attached hydrogen (secondary N) is 2. The van der Waals surface area contributed by atoms with Crippen molar-refractivity contribution in [3.8, 4) is 0 Å². The molecule has 0 atom stereocenters. The van der Waals surface area contributed by atoms with Gasteiger partial charge >= 0.3 is 0 Å². The Morgan fingerprint density at radius 1 is 0.897 bits per heavy atom. The number of benzene rings is 3. The maximum absolute atomic E-state index is 12.7. The average molecular weight is 474 g/mol. The van der Waals surface area contributed by atoms with Crippen molar-refractivity contribution >= 4 is 49.2 Å². The van der Waals surface area contributed by atoms with Crippen LogP contribution in [0, 0.1) is 0 Å². The van der Waals surface area contributed by atoms with Crippen LogP contribution < -0.4 is 15.1 Å². The normalized spacial score (nSPS) is 10.9. The van der Waals surface area contributed by atoms with Gasteiger partial charge in [0.2, 0.25) is 0 Å². The molecule has 0 saturated heterocycles. The summed E-state index contributed by atoms with van der Waals surface area (Å²) in [6.07, 6.45) is 0. The summed E-state index contributed by atoms with van der Waals surface area (Å²) in [5, 5.41) is 13.7. The highest BCUT2D eigenvalue weighted by Gasteiger charge is 2.20. The molecule has 148 valence electrons. The number of hydrogen-bond acceptors (Lipinski definition) is 5. The minimum absolute atomic E-state index is 0.0368. The Bertz CT molecular complexity index is 1180. The van der Waals surface area contributed by atoms with Crippen molar-refractivity contribution in [2.45, 2.75) is 4.90 Å². The van der Waals surface area contributed by atoms with E-state index in [2.05, 4.69) is 26.0 Å². The van der Waals surface area contributed by atoms with E-state index >= 15 is 0 Å². The number of rotatable bonds is 6. The molecule has 2 N–H and O–H groups in total. The summed E-state index contributed by atoms with van der Waals surface area (Å²) in [6.45, 7) is 0. The maximum Gasteiger partial charge on any atom is 0.263 e. The average Bonchev–Trinajstić information content (AvgIpc) is 2.68. The van der Waals surface area contributed by atoms with Gasteiger partial charge in [-0.2, -0.15) is 0 Å². The minimum Gasteiger partial charge on any atom is -0.545 e. The van der Waals surface area contributed by atoms with Gasteiger partial charge in [-0.1, -0.05) is 36.4 Å². The van der Waals surface area contributed by atoms with Crippen LogP contribution in [-0.2, 0) is 10.0 Å². The van der Waals surface area contributed by atoms with E-state index in [9.17, 15) is 23.1 Å². The predicted octanol–water partition coefficient (Wildman–Crippen LogP) is 2.87. The molecule has 0 aliphatic heterocycles. The van der Waals surface area contributed by atoms with Crippen molar-refractivity contribution in [2.75, 3.05) is 10.0 Å². The number of halogens is 1. The largest absolute Gasteiger partial charge is 0.545 e. The smallest absolute Gasteiger partial charge is 0.263 e. The third-order valence-corrected chi connectivity index (χ3v) is 6.28. The Labute approximate surface area is 175 Å². The first-order valence-corrected chi connectivity index (χ1v) is 10.5. The molecular formula is C20H14BrN2O5S-. The van der Waals surface area contributed by atoms with Crippen LogP contribution in [0.25, 0.3) is 0 Å². The van der Waals surface area contributed by atoms with Gasteiger partial charge in [0, 0.05) is 21.3 Å². The van der Waals surface area contributed by atoms with E-state index in [1.807, 2.05) is 0 Å². The number of carbonyl (C=O) groups is 2. The van der Waals surface area contributed by atoms with Crippen LogP contribution in [0.2, 0.25) is 0 Å². The second kappa shape index (κ2) is 8.46. The molecule has 0 aromatic heterocycles. The minimum atomic E-state index is -3.98. The van der Waals surface area contributed by atoms with E-state index in [1.165, 1.54) is 36.4 Å². The molecule has 1 amide bonds. The SMILES string of the molecule is O=C(Nc1ccccc1C(=O)[O-])c1ccc(Br)c(S(=O)(=O)Nc2ccccc2)c1. The number of hydrogen-bond donors (Lipinski definition) is 2. The molecule has 0 aliphatic carbocycles. The Morgan fingerprint density at radius 3 is 2.24 bits per heavy atom. The standard InChI is InChI=1S/C20H15BrN2O5S/c21-16-11-10-13(19(24)22-17-9-5-4-8-15(17)20(25)26)12-18(16)29(27,28)23-14-6-2-1-3-7-14/h1-12,23H,(H,22,24)(H,25,26)/p-1. The van der Waals surface area contributed by atoms with Crippen LogP contribution >= 0.6 is 15.9 Å². The topological polar surface area (TPSA) is 115 Å². The molecule has 0 fully saturated rings. The van der Waals surface area contributed by atoms with Gasteiger partial charge in [-0.15, -0.1) is 0 Å². The molecule has 3 aromatic rings. The van der Waals surface area contributed by atoms with Crippen LogP contribution in [0.15, 0.2) is 82.2 Å². The molecule has 0 unspecified atom stereocenters. The molecule has 9 heteroatoms. The predicted molar refractivity (Wildman–Crippen MR) is 110 cm³/mol. The van der Waals surface area contributed by atoms with E-state index in [-0.39, 0.29) is 26.2 Å². The maximum atomic E-state index is 12.7. The number of carboxylic acid groups (broad SMARTS) is 1. The Balaban J connectivity index is 1.91. The van der Waals surface area contributed by atoms with Crippen LogP contribution in [0.1, 0.15) is 20.7 Å². The lowest BCUT2D eigenvalue weighted by atomic mass is 10.1. The Kier molecular flexibility index (Phi) is 6.00. The van der Waals surface area contributed by atoms with Gasteiger partial charge in [-0.3, -0.25) is 9.52 Å². The monoisotopic (exact) mass is 473 g/mol. The molecule has 0 saturated carbocycles. The third-order valence-electron chi connectivity index (χ3n) is 3.90. The van der Waals surface area contributed by atoms with E-state index in [0.717, 1.165) is 0 Å². The van der Waals surface area contributed by atoms with Gasteiger partial charge in [-0.05, 0) is 52.3 Å². The van der Waals surface area contributed by atoms with Gasteiger partial charge < -0.3 is 15.2 Å². The molecule has 3 aromatic carbocycles. The number of carbonyl (C=O) groups excluding carboxylic acids is 2. The van der Waals surface area contributed by atoms with Crippen LogP contribution in [0.3, 0.4) is 0 Å². The Hall–Kier alpha value is -3.17.